The zero-order chi connectivity index (χ0) is 21.3. The highest BCUT2D eigenvalue weighted by Gasteiger charge is 2.32. The van der Waals surface area contributed by atoms with Gasteiger partial charge in [0, 0.05) is 68.6 Å². The smallest absolute Gasteiger partial charge is 0.335 e. The van der Waals surface area contributed by atoms with E-state index in [4.69, 9.17) is 0 Å². The highest BCUT2D eigenvalue weighted by atomic mass is 16.4. The Morgan fingerprint density at radius 1 is 1.10 bits per heavy atom. The van der Waals surface area contributed by atoms with E-state index >= 15 is 0 Å². The van der Waals surface area contributed by atoms with Crippen molar-refractivity contribution in [2.45, 2.75) is 12.6 Å². The molecule has 0 radical (unpaired) electrons. The lowest BCUT2D eigenvalue weighted by Crippen LogP contribution is -2.48. The molecule has 1 unspecified atom stereocenters. The summed E-state index contributed by atoms with van der Waals surface area (Å²) in [7, 11) is 1.84. The Labute approximate surface area is 174 Å². The molecule has 2 N–H and O–H groups in total. The Balaban J connectivity index is 1.57. The van der Waals surface area contributed by atoms with Crippen LogP contribution in [0.3, 0.4) is 0 Å². The maximum Gasteiger partial charge on any atom is 0.335 e. The second kappa shape index (κ2) is 8.25. The molecule has 0 aliphatic carbocycles. The van der Waals surface area contributed by atoms with Gasteiger partial charge in [-0.3, -0.25) is 19.6 Å². The van der Waals surface area contributed by atoms with Gasteiger partial charge in [-0.25, -0.2) is 4.79 Å². The van der Waals surface area contributed by atoms with Crippen LogP contribution < -0.4 is 0 Å². The van der Waals surface area contributed by atoms with Gasteiger partial charge in [0.05, 0.1) is 11.3 Å². The van der Waals surface area contributed by atoms with Crippen LogP contribution in [0.4, 0.5) is 0 Å². The van der Waals surface area contributed by atoms with Crippen LogP contribution in [0.15, 0.2) is 48.8 Å². The summed E-state index contributed by atoms with van der Waals surface area (Å²) in [6.45, 7) is 3.44. The fourth-order valence-electron chi connectivity index (χ4n) is 4.16. The van der Waals surface area contributed by atoms with Gasteiger partial charge in [0.25, 0.3) is 0 Å². The lowest BCUT2D eigenvalue weighted by Gasteiger charge is -2.37. The minimum Gasteiger partial charge on any atom is -0.480 e. The minimum absolute atomic E-state index is 0.152. The van der Waals surface area contributed by atoms with Crippen molar-refractivity contribution < 1.29 is 19.8 Å². The number of aryl methyl sites for hydroxylation is 1. The lowest BCUT2D eigenvalue weighted by molar-refractivity contribution is -0.144. The highest BCUT2D eigenvalue weighted by Crippen LogP contribution is 2.31. The number of rotatable bonds is 6. The number of benzene rings is 1. The summed E-state index contributed by atoms with van der Waals surface area (Å²) in [6.07, 6.45) is 3.58. The number of aliphatic carboxylic acids is 1. The number of carboxylic acid groups (broad SMARTS) is 2. The maximum atomic E-state index is 12.3. The van der Waals surface area contributed by atoms with Gasteiger partial charge in [-0.05, 0) is 30.3 Å². The molecule has 0 amide bonds. The van der Waals surface area contributed by atoms with Gasteiger partial charge in [0.2, 0.25) is 0 Å². The van der Waals surface area contributed by atoms with Crippen LogP contribution in [0.25, 0.3) is 10.9 Å². The van der Waals surface area contributed by atoms with Gasteiger partial charge in [-0.15, -0.1) is 0 Å². The van der Waals surface area contributed by atoms with E-state index in [1.54, 1.807) is 30.6 Å². The van der Waals surface area contributed by atoms with Crippen LogP contribution in [0.5, 0.6) is 0 Å². The molecular formula is C22H24N4O4. The molecule has 3 aromatic rings. The molecule has 8 nitrogen and oxygen atoms in total. The molecule has 30 heavy (non-hydrogen) atoms. The molecule has 8 heteroatoms. The number of nitrogens with zero attached hydrogens (tertiary/aromatic N) is 4. The summed E-state index contributed by atoms with van der Waals surface area (Å²) in [5.74, 6) is -1.96. The molecule has 156 valence electrons. The zero-order valence-corrected chi connectivity index (χ0v) is 16.7. The van der Waals surface area contributed by atoms with E-state index in [0.717, 1.165) is 30.8 Å². The number of piperazine rings is 1. The fourth-order valence-corrected chi connectivity index (χ4v) is 4.16. The van der Waals surface area contributed by atoms with Crippen LogP contribution in [0, 0.1) is 0 Å². The maximum absolute atomic E-state index is 12.3. The van der Waals surface area contributed by atoms with Crippen molar-refractivity contribution in [2.24, 2.45) is 7.05 Å². The summed E-state index contributed by atoms with van der Waals surface area (Å²) in [5.41, 5.74) is 2.59. The second-order valence-electron chi connectivity index (χ2n) is 7.61. The highest BCUT2D eigenvalue weighted by molar-refractivity contribution is 5.96. The Kier molecular flexibility index (Phi) is 5.52. The predicted octanol–water partition coefficient (Wildman–Crippen LogP) is 2.21. The summed E-state index contributed by atoms with van der Waals surface area (Å²) in [4.78, 5) is 32.2. The molecule has 2 aromatic heterocycles. The molecule has 3 heterocycles. The summed E-state index contributed by atoms with van der Waals surface area (Å²) in [5, 5.41) is 20.0. The normalized spacial score (nSPS) is 16.6. The molecule has 0 saturated carbocycles. The van der Waals surface area contributed by atoms with E-state index in [-0.39, 0.29) is 5.56 Å². The van der Waals surface area contributed by atoms with Crippen molar-refractivity contribution in [1.82, 2.24) is 19.4 Å². The summed E-state index contributed by atoms with van der Waals surface area (Å²) < 4.78 is 1.85. The van der Waals surface area contributed by atoms with Gasteiger partial charge < -0.3 is 14.8 Å². The van der Waals surface area contributed by atoms with Gasteiger partial charge in [-0.2, -0.15) is 0 Å². The average molecular weight is 408 g/mol. The molecule has 1 saturated heterocycles. The predicted molar refractivity (Wildman–Crippen MR) is 111 cm³/mol. The summed E-state index contributed by atoms with van der Waals surface area (Å²) in [6, 6.07) is 9.86. The van der Waals surface area contributed by atoms with Gasteiger partial charge >= 0.3 is 11.9 Å². The third-order valence-corrected chi connectivity index (χ3v) is 5.68. The fraction of sp³-hybridized carbons (Fsp3) is 0.318. The molecule has 1 aliphatic heterocycles. The number of carboxylic acids is 2. The molecule has 1 fully saturated rings. The first kappa shape index (κ1) is 20.1. The first-order chi connectivity index (χ1) is 14.4. The zero-order valence-electron chi connectivity index (χ0n) is 16.7. The first-order valence-electron chi connectivity index (χ1n) is 9.85. The quantitative estimate of drug-likeness (QED) is 0.645. The van der Waals surface area contributed by atoms with Gasteiger partial charge in [-0.1, -0.05) is 6.07 Å². The molecule has 0 bridgehead atoms. The van der Waals surface area contributed by atoms with Crippen molar-refractivity contribution in [3.63, 3.8) is 0 Å². The number of pyridine rings is 1. The Bertz CT molecular complexity index is 1070. The van der Waals surface area contributed by atoms with Crippen molar-refractivity contribution in [1.29, 1.82) is 0 Å². The van der Waals surface area contributed by atoms with Crippen LogP contribution in [0.1, 0.15) is 27.7 Å². The van der Waals surface area contributed by atoms with Crippen molar-refractivity contribution in [2.75, 3.05) is 26.2 Å². The third kappa shape index (κ3) is 3.92. The molecular weight excluding hydrogens is 384 g/mol. The third-order valence-electron chi connectivity index (χ3n) is 5.68. The van der Waals surface area contributed by atoms with E-state index in [9.17, 15) is 19.8 Å². The Morgan fingerprint density at radius 3 is 2.50 bits per heavy atom. The molecule has 1 aliphatic rings. The Morgan fingerprint density at radius 2 is 1.87 bits per heavy atom. The SMILES string of the molecule is Cn1cc(C(C(=O)O)N2CCN(Cc3ccccn3)CC2)c2cc(C(=O)O)ccc21. The topological polar surface area (TPSA) is 98.9 Å². The van der Waals surface area contributed by atoms with Gasteiger partial charge in [0.15, 0.2) is 0 Å². The second-order valence-corrected chi connectivity index (χ2v) is 7.61. The Hall–Kier alpha value is -3.23. The number of aromatic carboxylic acids is 1. The number of hydrogen-bond donors (Lipinski definition) is 2. The van der Waals surface area contributed by atoms with Crippen molar-refractivity contribution in [3.8, 4) is 0 Å². The van der Waals surface area contributed by atoms with Crippen LogP contribution in [-0.2, 0) is 18.4 Å². The minimum atomic E-state index is -1.03. The average Bonchev–Trinajstić information content (AvgIpc) is 3.05. The monoisotopic (exact) mass is 408 g/mol. The largest absolute Gasteiger partial charge is 0.480 e. The van der Waals surface area contributed by atoms with Crippen molar-refractivity contribution in [3.05, 3.63) is 65.6 Å². The van der Waals surface area contributed by atoms with E-state index in [2.05, 4.69) is 9.88 Å². The van der Waals surface area contributed by atoms with Crippen LogP contribution in [-0.4, -0.2) is 67.7 Å². The standard InChI is InChI=1S/C22H24N4O4/c1-24-14-18(17-12-15(21(27)28)5-6-19(17)24)20(22(29)30)26-10-8-25(9-11-26)13-16-4-2-3-7-23-16/h2-7,12,14,20H,8-11,13H2,1H3,(H,27,28)(H,29,30). The molecule has 4 rings (SSSR count). The van der Waals surface area contributed by atoms with E-state index in [1.165, 1.54) is 0 Å². The molecule has 0 spiro atoms. The molecule has 1 aromatic carbocycles. The van der Waals surface area contributed by atoms with Crippen LogP contribution in [0.2, 0.25) is 0 Å². The number of hydrogen-bond acceptors (Lipinski definition) is 5. The molecule has 1 atom stereocenters. The van der Waals surface area contributed by atoms with Crippen LogP contribution >= 0.6 is 0 Å². The summed E-state index contributed by atoms with van der Waals surface area (Å²) >= 11 is 0. The van der Waals surface area contributed by atoms with Crippen molar-refractivity contribution >= 4 is 22.8 Å². The first-order valence-corrected chi connectivity index (χ1v) is 9.85. The van der Waals surface area contributed by atoms with E-state index in [1.807, 2.05) is 34.7 Å². The van der Waals surface area contributed by atoms with E-state index < -0.39 is 18.0 Å². The lowest BCUT2D eigenvalue weighted by atomic mass is 10.0. The van der Waals surface area contributed by atoms with Gasteiger partial charge in [0.1, 0.15) is 6.04 Å². The number of carbonyl (C=O) groups is 2. The number of aromatic nitrogens is 2. The van der Waals surface area contributed by atoms with E-state index in [0.29, 0.717) is 24.0 Å². The number of fused-ring (bicyclic) bond motifs is 1.